The smallest absolute Gasteiger partial charge is 0.124 e. The highest BCUT2D eigenvalue weighted by Crippen LogP contribution is 2.23. The highest BCUT2D eigenvalue weighted by Gasteiger charge is 2.00. The molecule has 1 N–H and O–H groups in total. The molecular weight excluding hydrogens is 290 g/mol. The minimum atomic E-state index is 0.228. The quantitative estimate of drug-likeness (QED) is 0.813. The summed E-state index contributed by atoms with van der Waals surface area (Å²) in [5.41, 5.74) is 3.96. The topological polar surface area (TPSA) is 32.6 Å². The number of nitrogens with zero attached hydrogens (tertiary/aromatic N) is 1. The molecule has 0 radical (unpaired) electrons. The molecule has 0 amide bonds. The van der Waals surface area contributed by atoms with Gasteiger partial charge >= 0.3 is 0 Å². The van der Waals surface area contributed by atoms with Crippen LogP contribution in [0.5, 0.6) is 5.75 Å². The zero-order chi connectivity index (χ0) is 13.1. The van der Waals surface area contributed by atoms with Gasteiger partial charge in [0.2, 0.25) is 0 Å². The first-order chi connectivity index (χ1) is 8.56. The predicted molar refractivity (Wildman–Crippen MR) is 79.0 cm³/mol. The Labute approximate surface area is 115 Å². The highest BCUT2D eigenvalue weighted by molar-refractivity contribution is 9.10. The largest absolute Gasteiger partial charge is 0.507 e. The van der Waals surface area contributed by atoms with Gasteiger partial charge in [0.1, 0.15) is 5.75 Å². The van der Waals surface area contributed by atoms with Crippen molar-refractivity contribution < 1.29 is 5.11 Å². The molecule has 2 aromatic rings. The molecule has 3 heteroatoms. The van der Waals surface area contributed by atoms with Gasteiger partial charge in [-0.05, 0) is 43.7 Å². The van der Waals surface area contributed by atoms with Crippen molar-refractivity contribution in [3.05, 3.63) is 57.6 Å². The van der Waals surface area contributed by atoms with Crippen LogP contribution in [-0.4, -0.2) is 11.3 Å². The Bertz CT molecular complexity index is 605. The lowest BCUT2D eigenvalue weighted by Crippen LogP contribution is -1.83. The second-order valence-corrected chi connectivity index (χ2v) is 5.17. The summed E-state index contributed by atoms with van der Waals surface area (Å²) in [4.78, 5) is 4.41. The van der Waals surface area contributed by atoms with Crippen LogP contribution in [0.1, 0.15) is 16.7 Å². The van der Waals surface area contributed by atoms with Crippen LogP contribution in [-0.2, 0) is 0 Å². The lowest BCUT2D eigenvalue weighted by atomic mass is 10.1. The van der Waals surface area contributed by atoms with Gasteiger partial charge < -0.3 is 5.11 Å². The van der Waals surface area contributed by atoms with Gasteiger partial charge in [-0.3, -0.25) is 4.99 Å². The van der Waals surface area contributed by atoms with Crippen molar-refractivity contribution in [1.29, 1.82) is 0 Å². The summed E-state index contributed by atoms with van der Waals surface area (Å²) >= 11 is 3.37. The number of aliphatic imine (C=N–C) groups is 1. The molecular formula is C15H14BrNO. The van der Waals surface area contributed by atoms with E-state index >= 15 is 0 Å². The molecule has 2 nitrogen and oxygen atoms in total. The normalized spacial score (nSPS) is 11.1. The summed E-state index contributed by atoms with van der Waals surface area (Å²) in [6.07, 6.45) is 1.68. The number of rotatable bonds is 2. The summed E-state index contributed by atoms with van der Waals surface area (Å²) in [6, 6.07) is 11.4. The van der Waals surface area contributed by atoms with Crippen molar-refractivity contribution in [3.8, 4) is 5.75 Å². The van der Waals surface area contributed by atoms with Crippen LogP contribution in [0, 0.1) is 13.8 Å². The van der Waals surface area contributed by atoms with Gasteiger partial charge in [0.15, 0.2) is 0 Å². The molecule has 0 bridgehead atoms. The molecule has 0 aromatic heterocycles. The zero-order valence-corrected chi connectivity index (χ0v) is 11.9. The number of hydrogen-bond acceptors (Lipinski definition) is 2. The molecule has 0 saturated carbocycles. The monoisotopic (exact) mass is 303 g/mol. The van der Waals surface area contributed by atoms with E-state index < -0.39 is 0 Å². The van der Waals surface area contributed by atoms with E-state index in [9.17, 15) is 5.11 Å². The molecule has 18 heavy (non-hydrogen) atoms. The van der Waals surface area contributed by atoms with E-state index in [1.54, 1.807) is 18.3 Å². The molecule has 0 fully saturated rings. The molecule has 0 unspecified atom stereocenters. The third-order valence-corrected chi connectivity index (χ3v) is 3.18. The van der Waals surface area contributed by atoms with Crippen LogP contribution in [0.3, 0.4) is 0 Å². The molecule has 0 aliphatic heterocycles. The maximum absolute atomic E-state index is 9.71. The summed E-state index contributed by atoms with van der Waals surface area (Å²) < 4.78 is 0.919. The first-order valence-corrected chi connectivity index (χ1v) is 6.45. The second-order valence-electron chi connectivity index (χ2n) is 4.25. The Balaban J connectivity index is 2.32. The summed E-state index contributed by atoms with van der Waals surface area (Å²) in [7, 11) is 0. The lowest BCUT2D eigenvalue weighted by molar-refractivity contribution is 0.474. The Kier molecular flexibility index (Phi) is 3.82. The van der Waals surface area contributed by atoms with Gasteiger partial charge in [0.25, 0.3) is 0 Å². The zero-order valence-electron chi connectivity index (χ0n) is 10.3. The number of aromatic hydroxyl groups is 1. The third-order valence-electron chi connectivity index (χ3n) is 2.68. The van der Waals surface area contributed by atoms with E-state index in [4.69, 9.17) is 0 Å². The first kappa shape index (κ1) is 12.8. The fourth-order valence-corrected chi connectivity index (χ4v) is 2.10. The van der Waals surface area contributed by atoms with E-state index in [0.717, 1.165) is 15.7 Å². The lowest BCUT2D eigenvalue weighted by Gasteiger charge is -2.02. The molecule has 2 rings (SSSR count). The van der Waals surface area contributed by atoms with Crippen molar-refractivity contribution in [3.63, 3.8) is 0 Å². The number of aryl methyl sites for hydroxylation is 2. The second kappa shape index (κ2) is 5.36. The van der Waals surface area contributed by atoms with E-state index in [1.807, 2.05) is 25.1 Å². The standard InChI is InChI=1S/C15H14BrNO/c1-10-3-5-14(11(2)7-10)17-9-12-8-13(16)4-6-15(12)18/h3-9,18H,1-2H3. The van der Waals surface area contributed by atoms with Gasteiger partial charge in [-0.25, -0.2) is 0 Å². The van der Waals surface area contributed by atoms with E-state index in [0.29, 0.717) is 5.56 Å². The average molecular weight is 304 g/mol. The first-order valence-electron chi connectivity index (χ1n) is 5.66. The van der Waals surface area contributed by atoms with E-state index in [2.05, 4.69) is 33.9 Å². The van der Waals surface area contributed by atoms with Crippen molar-refractivity contribution in [2.24, 2.45) is 4.99 Å². The molecule has 92 valence electrons. The fourth-order valence-electron chi connectivity index (χ4n) is 1.72. The van der Waals surface area contributed by atoms with Gasteiger partial charge in [0.05, 0.1) is 5.69 Å². The number of phenolic OH excluding ortho intramolecular Hbond substituents is 1. The van der Waals surface area contributed by atoms with Crippen molar-refractivity contribution in [1.82, 2.24) is 0 Å². The van der Waals surface area contributed by atoms with Gasteiger partial charge in [-0.15, -0.1) is 0 Å². The molecule has 0 saturated heterocycles. The van der Waals surface area contributed by atoms with Crippen LogP contribution in [0.4, 0.5) is 5.69 Å². The van der Waals surface area contributed by atoms with Crippen molar-refractivity contribution in [2.45, 2.75) is 13.8 Å². The molecule has 0 aliphatic carbocycles. The van der Waals surface area contributed by atoms with Crippen molar-refractivity contribution >= 4 is 27.8 Å². The van der Waals surface area contributed by atoms with Crippen LogP contribution in [0.2, 0.25) is 0 Å². The van der Waals surface area contributed by atoms with Crippen LogP contribution in [0.15, 0.2) is 45.9 Å². The highest BCUT2D eigenvalue weighted by atomic mass is 79.9. The van der Waals surface area contributed by atoms with E-state index in [-0.39, 0.29) is 5.75 Å². The molecule has 0 aliphatic rings. The van der Waals surface area contributed by atoms with Gasteiger partial charge in [-0.2, -0.15) is 0 Å². The summed E-state index contributed by atoms with van der Waals surface area (Å²) in [6.45, 7) is 4.08. The van der Waals surface area contributed by atoms with Crippen LogP contribution < -0.4 is 0 Å². The summed E-state index contributed by atoms with van der Waals surface area (Å²) in [5.74, 6) is 0.228. The Morgan fingerprint density at radius 1 is 1.11 bits per heavy atom. The number of benzene rings is 2. The maximum atomic E-state index is 9.71. The van der Waals surface area contributed by atoms with E-state index in [1.165, 1.54) is 5.56 Å². The predicted octanol–water partition coefficient (Wildman–Crippen LogP) is 4.52. The maximum Gasteiger partial charge on any atom is 0.124 e. The number of halogens is 1. The Morgan fingerprint density at radius 3 is 2.61 bits per heavy atom. The molecule has 2 aromatic carbocycles. The van der Waals surface area contributed by atoms with Crippen LogP contribution in [0.25, 0.3) is 0 Å². The minimum absolute atomic E-state index is 0.228. The molecule has 0 atom stereocenters. The SMILES string of the molecule is Cc1ccc(N=Cc2cc(Br)ccc2O)c(C)c1. The van der Waals surface area contributed by atoms with Gasteiger partial charge in [0, 0.05) is 16.3 Å². The van der Waals surface area contributed by atoms with Crippen LogP contribution >= 0.6 is 15.9 Å². The minimum Gasteiger partial charge on any atom is -0.507 e. The third kappa shape index (κ3) is 2.99. The molecule has 0 heterocycles. The molecule has 0 spiro atoms. The fraction of sp³-hybridized carbons (Fsp3) is 0.133. The Morgan fingerprint density at radius 2 is 1.89 bits per heavy atom. The van der Waals surface area contributed by atoms with Crippen molar-refractivity contribution in [2.75, 3.05) is 0 Å². The number of hydrogen-bond donors (Lipinski definition) is 1. The average Bonchev–Trinajstić information content (AvgIpc) is 2.32. The van der Waals surface area contributed by atoms with Gasteiger partial charge in [-0.1, -0.05) is 33.6 Å². The summed E-state index contributed by atoms with van der Waals surface area (Å²) in [5, 5.41) is 9.71. The number of phenols is 1. The Hall–Kier alpha value is -1.61.